The van der Waals surface area contributed by atoms with E-state index in [9.17, 15) is 8.42 Å². The Morgan fingerprint density at radius 3 is 2.54 bits per heavy atom. The number of aryl methyl sites for hydroxylation is 2. The molecule has 0 unspecified atom stereocenters. The Kier molecular flexibility index (Phi) is 5.64. The minimum Gasteiger partial charge on any atom is -0.497 e. The molecule has 8 heteroatoms. The molecule has 1 saturated heterocycles. The Balaban J connectivity index is 1.57. The second-order valence-corrected chi connectivity index (χ2v) is 8.38. The normalized spacial score (nSPS) is 16.7. The number of hydrogen-bond donors (Lipinski definition) is 0. The van der Waals surface area contributed by atoms with Crippen LogP contribution in [0.15, 0.2) is 33.7 Å². The van der Waals surface area contributed by atoms with Gasteiger partial charge in [0.25, 0.3) is 0 Å². The fourth-order valence-electron chi connectivity index (χ4n) is 3.28. The summed E-state index contributed by atoms with van der Waals surface area (Å²) in [5.74, 6) is 1.21. The number of nitrogens with zero attached hydrogens (tertiary/aromatic N) is 3. The van der Waals surface area contributed by atoms with Crippen molar-refractivity contribution in [3.8, 4) is 5.75 Å². The molecular formula is C18H25N3O4S. The Hall–Kier alpha value is -1.90. The van der Waals surface area contributed by atoms with Gasteiger partial charge in [-0.25, -0.2) is 8.42 Å². The van der Waals surface area contributed by atoms with Gasteiger partial charge in [0, 0.05) is 32.7 Å². The minimum atomic E-state index is -3.55. The molecule has 1 aromatic carbocycles. The smallest absolute Gasteiger partial charge is 0.248 e. The Morgan fingerprint density at radius 1 is 1.19 bits per heavy atom. The van der Waals surface area contributed by atoms with Crippen LogP contribution in [0.25, 0.3) is 0 Å². The number of methoxy groups -OCH3 is 1. The molecule has 0 saturated carbocycles. The van der Waals surface area contributed by atoms with Crippen LogP contribution in [0.3, 0.4) is 0 Å². The van der Waals surface area contributed by atoms with Crippen LogP contribution in [0.5, 0.6) is 5.75 Å². The number of rotatable bonds is 6. The summed E-state index contributed by atoms with van der Waals surface area (Å²) < 4.78 is 37.5. The molecule has 1 aromatic heterocycles. The van der Waals surface area contributed by atoms with Gasteiger partial charge in [-0.15, -0.1) is 0 Å². The monoisotopic (exact) mass is 379 g/mol. The zero-order valence-electron chi connectivity index (χ0n) is 15.4. The van der Waals surface area contributed by atoms with Crippen molar-refractivity contribution in [3.05, 3.63) is 41.3 Å². The molecule has 1 fully saturated rings. The highest BCUT2D eigenvalue weighted by Crippen LogP contribution is 2.24. The lowest BCUT2D eigenvalue weighted by Crippen LogP contribution is -2.49. The van der Waals surface area contributed by atoms with E-state index in [1.54, 1.807) is 21.0 Å². The molecule has 0 amide bonds. The molecule has 2 heterocycles. The first-order chi connectivity index (χ1) is 12.4. The lowest BCUT2D eigenvalue weighted by atomic mass is 10.1. The quantitative estimate of drug-likeness (QED) is 0.762. The molecule has 1 aliphatic heterocycles. The Labute approximate surface area is 154 Å². The van der Waals surface area contributed by atoms with Gasteiger partial charge in [-0.2, -0.15) is 4.31 Å². The highest BCUT2D eigenvalue weighted by Gasteiger charge is 2.33. The average molecular weight is 379 g/mol. The maximum atomic E-state index is 12.8. The van der Waals surface area contributed by atoms with E-state index in [1.165, 1.54) is 9.87 Å². The van der Waals surface area contributed by atoms with Crippen molar-refractivity contribution >= 4 is 10.0 Å². The molecule has 142 valence electrons. The lowest BCUT2D eigenvalue weighted by molar-refractivity contribution is 0.190. The van der Waals surface area contributed by atoms with Gasteiger partial charge >= 0.3 is 0 Å². The van der Waals surface area contributed by atoms with Crippen LogP contribution >= 0.6 is 0 Å². The lowest BCUT2D eigenvalue weighted by Gasteiger charge is -2.33. The molecule has 3 rings (SSSR count). The average Bonchev–Trinajstić information content (AvgIpc) is 2.99. The van der Waals surface area contributed by atoms with Gasteiger partial charge in [-0.3, -0.25) is 0 Å². The van der Waals surface area contributed by atoms with Crippen molar-refractivity contribution in [1.29, 1.82) is 0 Å². The van der Waals surface area contributed by atoms with E-state index < -0.39 is 10.0 Å². The fourth-order valence-corrected chi connectivity index (χ4v) is 4.99. The van der Waals surface area contributed by atoms with Crippen LogP contribution in [-0.4, -0.2) is 62.6 Å². The summed E-state index contributed by atoms with van der Waals surface area (Å²) in [6, 6.07) is 8.04. The zero-order chi connectivity index (χ0) is 18.7. The number of piperazine rings is 1. The first-order valence-corrected chi connectivity index (χ1v) is 10.1. The molecule has 7 nitrogen and oxygen atoms in total. The van der Waals surface area contributed by atoms with Gasteiger partial charge in [0.2, 0.25) is 10.0 Å². The summed E-state index contributed by atoms with van der Waals surface area (Å²) >= 11 is 0. The summed E-state index contributed by atoms with van der Waals surface area (Å²) in [7, 11) is -1.88. The van der Waals surface area contributed by atoms with E-state index in [1.807, 2.05) is 18.2 Å². The number of benzene rings is 1. The standard InChI is InChI=1S/C18H25N3O4S/c1-14-18(15(2)25-19-14)26(22,23)21-11-9-20(10-12-21)8-7-16-5-4-6-17(13-16)24-3/h4-6,13H,7-12H2,1-3H3. The molecule has 0 bridgehead atoms. The largest absolute Gasteiger partial charge is 0.497 e. The van der Waals surface area contributed by atoms with Gasteiger partial charge in [0.05, 0.1) is 7.11 Å². The third-order valence-electron chi connectivity index (χ3n) is 4.75. The summed E-state index contributed by atoms with van der Waals surface area (Å²) in [6.07, 6.45) is 0.911. The van der Waals surface area contributed by atoms with E-state index in [4.69, 9.17) is 9.26 Å². The van der Waals surface area contributed by atoms with Crippen molar-refractivity contribution in [2.75, 3.05) is 39.8 Å². The van der Waals surface area contributed by atoms with Gasteiger partial charge in [0.1, 0.15) is 16.3 Å². The van der Waals surface area contributed by atoms with Gasteiger partial charge in [0.15, 0.2) is 5.76 Å². The fraction of sp³-hybridized carbons (Fsp3) is 0.500. The van der Waals surface area contributed by atoms with Crippen LogP contribution in [0.2, 0.25) is 0 Å². The molecule has 0 spiro atoms. The molecule has 0 aliphatic carbocycles. The van der Waals surface area contributed by atoms with Crippen molar-refractivity contribution < 1.29 is 17.7 Å². The molecule has 1 aliphatic rings. The van der Waals surface area contributed by atoms with E-state index in [0.29, 0.717) is 37.6 Å². The SMILES string of the molecule is COc1cccc(CCN2CCN(S(=O)(=O)c3c(C)noc3C)CC2)c1. The van der Waals surface area contributed by atoms with Gasteiger partial charge in [-0.1, -0.05) is 17.3 Å². The summed E-state index contributed by atoms with van der Waals surface area (Å²) in [5.41, 5.74) is 1.64. The molecular weight excluding hydrogens is 354 g/mol. The highest BCUT2D eigenvalue weighted by atomic mass is 32.2. The van der Waals surface area contributed by atoms with E-state index in [0.717, 1.165) is 18.7 Å². The van der Waals surface area contributed by atoms with Crippen LogP contribution in [-0.2, 0) is 16.4 Å². The second kappa shape index (κ2) is 7.77. The molecule has 0 radical (unpaired) electrons. The second-order valence-electron chi connectivity index (χ2n) is 6.50. The van der Waals surface area contributed by atoms with E-state index >= 15 is 0 Å². The Bertz CT molecular complexity index is 836. The molecule has 26 heavy (non-hydrogen) atoms. The first-order valence-electron chi connectivity index (χ1n) is 8.70. The predicted molar refractivity (Wildman–Crippen MR) is 97.9 cm³/mol. The van der Waals surface area contributed by atoms with Crippen molar-refractivity contribution in [1.82, 2.24) is 14.4 Å². The van der Waals surface area contributed by atoms with Crippen molar-refractivity contribution in [3.63, 3.8) is 0 Å². The number of ether oxygens (including phenoxy) is 1. The molecule has 0 N–H and O–H groups in total. The molecule has 2 aromatic rings. The Morgan fingerprint density at radius 2 is 1.92 bits per heavy atom. The van der Waals surface area contributed by atoms with E-state index in [-0.39, 0.29) is 4.90 Å². The zero-order valence-corrected chi connectivity index (χ0v) is 16.3. The number of aromatic nitrogens is 1. The topological polar surface area (TPSA) is 75.9 Å². The third-order valence-corrected chi connectivity index (χ3v) is 6.89. The summed E-state index contributed by atoms with van der Waals surface area (Å²) in [6.45, 7) is 6.57. The van der Waals surface area contributed by atoms with Crippen LogP contribution in [0.1, 0.15) is 17.0 Å². The van der Waals surface area contributed by atoms with Crippen molar-refractivity contribution in [2.45, 2.75) is 25.2 Å². The maximum Gasteiger partial charge on any atom is 0.248 e. The molecule has 0 atom stereocenters. The summed E-state index contributed by atoms with van der Waals surface area (Å²) in [4.78, 5) is 2.50. The van der Waals surface area contributed by atoms with Crippen molar-refractivity contribution in [2.24, 2.45) is 0 Å². The van der Waals surface area contributed by atoms with E-state index in [2.05, 4.69) is 16.1 Å². The number of sulfonamides is 1. The van der Waals surface area contributed by atoms with Crippen LogP contribution in [0, 0.1) is 13.8 Å². The van der Waals surface area contributed by atoms with Crippen LogP contribution in [0.4, 0.5) is 0 Å². The van der Waals surface area contributed by atoms with Gasteiger partial charge in [-0.05, 0) is 38.0 Å². The maximum absolute atomic E-state index is 12.8. The number of hydrogen-bond acceptors (Lipinski definition) is 6. The third kappa shape index (κ3) is 3.92. The predicted octanol–water partition coefficient (Wildman–Crippen LogP) is 1.85. The summed E-state index contributed by atoms with van der Waals surface area (Å²) in [5, 5.41) is 3.77. The minimum absolute atomic E-state index is 0.210. The van der Waals surface area contributed by atoms with Gasteiger partial charge < -0.3 is 14.2 Å². The first kappa shape index (κ1) is 18.9. The van der Waals surface area contributed by atoms with Crippen LogP contribution < -0.4 is 4.74 Å². The highest BCUT2D eigenvalue weighted by molar-refractivity contribution is 7.89.